The Bertz CT molecular complexity index is 583. The first kappa shape index (κ1) is 13.7. The monoisotopic (exact) mass is 291 g/mol. The number of carbonyl (C=O) groups excluding carboxylic acids is 1. The summed E-state index contributed by atoms with van der Waals surface area (Å²) in [7, 11) is 0. The highest BCUT2D eigenvalue weighted by atomic mass is 16.7. The van der Waals surface area contributed by atoms with Gasteiger partial charge in [0.15, 0.2) is 11.5 Å². The molecule has 0 aliphatic carbocycles. The van der Waals surface area contributed by atoms with E-state index < -0.39 is 17.9 Å². The van der Waals surface area contributed by atoms with Crippen molar-refractivity contribution in [2.45, 2.75) is 25.8 Å². The molecule has 0 bridgehead atoms. The molecule has 1 saturated heterocycles. The molecule has 0 aromatic heterocycles. The van der Waals surface area contributed by atoms with Gasteiger partial charge >= 0.3 is 5.97 Å². The molecule has 0 spiro atoms. The van der Waals surface area contributed by atoms with Gasteiger partial charge in [-0.05, 0) is 31.0 Å². The molecular weight excluding hydrogens is 274 g/mol. The van der Waals surface area contributed by atoms with Crippen LogP contribution in [0.15, 0.2) is 18.2 Å². The van der Waals surface area contributed by atoms with Crippen LogP contribution in [0.4, 0.5) is 0 Å². The van der Waals surface area contributed by atoms with Crippen molar-refractivity contribution in [2.75, 3.05) is 13.3 Å². The largest absolute Gasteiger partial charge is 0.481 e. The summed E-state index contributed by atoms with van der Waals surface area (Å²) in [5.41, 5.74) is 0.779. The number of amides is 1. The minimum Gasteiger partial charge on any atom is -0.481 e. The van der Waals surface area contributed by atoms with Gasteiger partial charge < -0.3 is 19.5 Å². The molecule has 2 heterocycles. The minimum absolute atomic E-state index is 0.00216. The fourth-order valence-corrected chi connectivity index (χ4v) is 3.09. The number of nitrogens with zero attached hydrogens (tertiary/aromatic N) is 1. The number of ether oxygens (including phenoxy) is 2. The van der Waals surface area contributed by atoms with E-state index in [1.807, 2.05) is 13.0 Å². The minimum atomic E-state index is -0.872. The lowest BCUT2D eigenvalue weighted by Gasteiger charge is -2.39. The molecular formula is C15H17NO5. The zero-order chi connectivity index (χ0) is 15.0. The van der Waals surface area contributed by atoms with Gasteiger partial charge in [0.05, 0.1) is 12.0 Å². The van der Waals surface area contributed by atoms with Gasteiger partial charge in [-0.15, -0.1) is 0 Å². The second-order valence-corrected chi connectivity index (χ2v) is 5.22. The molecule has 0 unspecified atom stereocenters. The lowest BCUT2D eigenvalue weighted by atomic mass is 9.84. The number of carboxylic acids is 1. The van der Waals surface area contributed by atoms with Crippen LogP contribution in [0.25, 0.3) is 0 Å². The highest BCUT2D eigenvalue weighted by Gasteiger charge is 2.40. The first-order chi connectivity index (χ1) is 10.1. The van der Waals surface area contributed by atoms with Gasteiger partial charge in [-0.2, -0.15) is 0 Å². The third kappa shape index (κ3) is 2.30. The molecule has 6 heteroatoms. The van der Waals surface area contributed by atoms with E-state index in [1.54, 1.807) is 17.0 Å². The SMILES string of the molecule is CCN1C(=O)CC[C@@H](C(=O)O)[C@@H]1c1ccc2c(c1)OCO2. The summed E-state index contributed by atoms with van der Waals surface area (Å²) in [4.78, 5) is 25.3. The maximum Gasteiger partial charge on any atom is 0.308 e. The molecule has 6 nitrogen and oxygen atoms in total. The fourth-order valence-electron chi connectivity index (χ4n) is 3.09. The van der Waals surface area contributed by atoms with E-state index in [0.29, 0.717) is 24.5 Å². The lowest BCUT2D eigenvalue weighted by Crippen LogP contribution is -2.45. The summed E-state index contributed by atoms with van der Waals surface area (Å²) in [5, 5.41) is 9.47. The van der Waals surface area contributed by atoms with Crippen molar-refractivity contribution >= 4 is 11.9 Å². The van der Waals surface area contributed by atoms with Crippen molar-refractivity contribution in [3.63, 3.8) is 0 Å². The highest BCUT2D eigenvalue weighted by molar-refractivity contribution is 5.81. The molecule has 21 heavy (non-hydrogen) atoms. The van der Waals surface area contributed by atoms with Crippen molar-refractivity contribution in [1.29, 1.82) is 0 Å². The number of hydrogen-bond donors (Lipinski definition) is 1. The van der Waals surface area contributed by atoms with Crippen molar-refractivity contribution in [3.8, 4) is 11.5 Å². The van der Waals surface area contributed by atoms with Gasteiger partial charge in [0, 0.05) is 13.0 Å². The quantitative estimate of drug-likeness (QED) is 0.919. The Balaban J connectivity index is 2.01. The molecule has 1 aromatic rings. The third-order valence-corrected chi connectivity index (χ3v) is 4.10. The smallest absolute Gasteiger partial charge is 0.308 e. The molecule has 1 N–H and O–H groups in total. The zero-order valence-corrected chi connectivity index (χ0v) is 11.7. The Labute approximate surface area is 122 Å². The number of piperidine rings is 1. The van der Waals surface area contributed by atoms with E-state index in [-0.39, 0.29) is 19.1 Å². The van der Waals surface area contributed by atoms with E-state index in [4.69, 9.17) is 9.47 Å². The van der Waals surface area contributed by atoms with Crippen molar-refractivity contribution in [2.24, 2.45) is 5.92 Å². The van der Waals surface area contributed by atoms with Gasteiger partial charge in [0.1, 0.15) is 0 Å². The summed E-state index contributed by atoms with van der Waals surface area (Å²) in [6.45, 7) is 2.52. The van der Waals surface area contributed by atoms with Crippen LogP contribution < -0.4 is 9.47 Å². The average Bonchev–Trinajstić information content (AvgIpc) is 2.93. The number of aliphatic carboxylic acids is 1. The molecule has 112 valence electrons. The summed E-state index contributed by atoms with van der Waals surface area (Å²) in [6.07, 6.45) is 0.648. The number of carbonyl (C=O) groups is 2. The van der Waals surface area contributed by atoms with E-state index in [1.165, 1.54) is 0 Å². The van der Waals surface area contributed by atoms with Crippen LogP contribution in [-0.4, -0.2) is 35.2 Å². The predicted molar refractivity (Wildman–Crippen MR) is 73.1 cm³/mol. The summed E-state index contributed by atoms with van der Waals surface area (Å²) >= 11 is 0. The van der Waals surface area contributed by atoms with Gasteiger partial charge in [-0.3, -0.25) is 9.59 Å². The second-order valence-electron chi connectivity index (χ2n) is 5.22. The van der Waals surface area contributed by atoms with E-state index in [0.717, 1.165) is 5.56 Å². The Morgan fingerprint density at radius 2 is 2.14 bits per heavy atom. The Kier molecular flexibility index (Phi) is 3.45. The molecule has 1 amide bonds. The maximum atomic E-state index is 12.1. The predicted octanol–water partition coefficient (Wildman–Crippen LogP) is 1.80. The third-order valence-electron chi connectivity index (χ3n) is 4.10. The Morgan fingerprint density at radius 3 is 2.86 bits per heavy atom. The van der Waals surface area contributed by atoms with Crippen molar-refractivity contribution in [3.05, 3.63) is 23.8 Å². The van der Waals surface area contributed by atoms with Gasteiger partial charge in [0.2, 0.25) is 12.7 Å². The normalized spacial score (nSPS) is 24.2. The van der Waals surface area contributed by atoms with Crippen molar-refractivity contribution in [1.82, 2.24) is 4.90 Å². The summed E-state index contributed by atoms with van der Waals surface area (Å²) in [6, 6.07) is 4.91. The van der Waals surface area contributed by atoms with Crippen LogP contribution in [-0.2, 0) is 9.59 Å². The number of hydrogen-bond acceptors (Lipinski definition) is 4. The Morgan fingerprint density at radius 1 is 1.38 bits per heavy atom. The molecule has 2 aliphatic rings. The average molecular weight is 291 g/mol. The van der Waals surface area contributed by atoms with Gasteiger partial charge in [0.25, 0.3) is 0 Å². The standard InChI is InChI=1S/C15H17NO5/c1-2-16-13(17)6-4-10(15(18)19)14(16)9-3-5-11-12(7-9)21-8-20-11/h3,5,7,10,14H,2,4,6,8H2,1H3,(H,18,19)/t10-,14+/m1/s1. The van der Waals surface area contributed by atoms with Gasteiger partial charge in [-0.25, -0.2) is 0 Å². The molecule has 0 saturated carbocycles. The number of rotatable bonds is 3. The van der Waals surface area contributed by atoms with Crippen molar-refractivity contribution < 1.29 is 24.2 Å². The van der Waals surface area contributed by atoms with E-state index >= 15 is 0 Å². The number of likely N-dealkylation sites (tertiary alicyclic amines) is 1. The molecule has 0 radical (unpaired) electrons. The van der Waals surface area contributed by atoms with Crippen LogP contribution >= 0.6 is 0 Å². The van der Waals surface area contributed by atoms with E-state index in [9.17, 15) is 14.7 Å². The molecule has 1 fully saturated rings. The number of fused-ring (bicyclic) bond motifs is 1. The molecule has 1 aromatic carbocycles. The number of benzene rings is 1. The first-order valence-corrected chi connectivity index (χ1v) is 7.03. The fraction of sp³-hybridized carbons (Fsp3) is 0.467. The topological polar surface area (TPSA) is 76.1 Å². The zero-order valence-electron chi connectivity index (χ0n) is 11.7. The number of carboxylic acid groups (broad SMARTS) is 1. The second kappa shape index (κ2) is 5.27. The molecule has 3 rings (SSSR count). The van der Waals surface area contributed by atoms with Crippen LogP contribution in [0.1, 0.15) is 31.4 Å². The van der Waals surface area contributed by atoms with Crippen LogP contribution in [0.2, 0.25) is 0 Å². The van der Waals surface area contributed by atoms with Crippen LogP contribution in [0.3, 0.4) is 0 Å². The van der Waals surface area contributed by atoms with E-state index in [2.05, 4.69) is 0 Å². The summed E-state index contributed by atoms with van der Waals surface area (Å²) in [5.74, 6) is -0.217. The molecule has 2 aliphatic heterocycles. The summed E-state index contributed by atoms with van der Waals surface area (Å²) < 4.78 is 10.6. The lowest BCUT2D eigenvalue weighted by molar-refractivity contribution is -0.151. The maximum absolute atomic E-state index is 12.1. The Hall–Kier alpha value is -2.24. The first-order valence-electron chi connectivity index (χ1n) is 7.03. The highest BCUT2D eigenvalue weighted by Crippen LogP contribution is 2.41. The molecule has 2 atom stereocenters. The van der Waals surface area contributed by atoms with Gasteiger partial charge in [-0.1, -0.05) is 6.07 Å². The van der Waals surface area contributed by atoms with Crippen LogP contribution in [0, 0.1) is 5.92 Å². The van der Waals surface area contributed by atoms with Crippen LogP contribution in [0.5, 0.6) is 11.5 Å².